The molecule has 0 spiro atoms. The Morgan fingerprint density at radius 3 is 2.74 bits per heavy atom. The van der Waals surface area contributed by atoms with E-state index in [9.17, 15) is 15.4 Å². The maximum absolute atomic E-state index is 10.8. The number of nitro groups is 1. The van der Waals surface area contributed by atoms with Gasteiger partial charge in [-0.05, 0) is 24.0 Å². The molecule has 27 heavy (non-hydrogen) atoms. The lowest BCUT2D eigenvalue weighted by Crippen LogP contribution is -2.10. The first-order valence-electron chi connectivity index (χ1n) is 7.65. The van der Waals surface area contributed by atoms with Gasteiger partial charge in [0.2, 0.25) is 12.7 Å². The van der Waals surface area contributed by atoms with Crippen molar-refractivity contribution in [1.82, 2.24) is 19.7 Å². The summed E-state index contributed by atoms with van der Waals surface area (Å²) in [7, 11) is 0. The van der Waals surface area contributed by atoms with Gasteiger partial charge in [0, 0.05) is 5.56 Å². The predicted molar refractivity (Wildman–Crippen MR) is 95.3 cm³/mol. The molecule has 0 unspecified atom stereocenters. The van der Waals surface area contributed by atoms with Crippen molar-refractivity contribution in [3.63, 3.8) is 0 Å². The summed E-state index contributed by atoms with van der Waals surface area (Å²) in [6.45, 7) is 1.60. The quantitative estimate of drug-likeness (QED) is 0.502. The van der Waals surface area contributed by atoms with Crippen molar-refractivity contribution < 1.29 is 9.66 Å². The molecule has 0 saturated carbocycles. The topological polar surface area (TPSA) is 172 Å². The normalized spacial score (nSPS) is 10.4. The summed E-state index contributed by atoms with van der Waals surface area (Å²) in [5, 5.41) is 24.1. The van der Waals surface area contributed by atoms with Crippen molar-refractivity contribution in [3.05, 3.63) is 51.7 Å². The molecule has 2 aromatic heterocycles. The molecule has 0 fully saturated rings. The van der Waals surface area contributed by atoms with Crippen LogP contribution in [0.25, 0.3) is 11.3 Å². The van der Waals surface area contributed by atoms with Gasteiger partial charge in [0.25, 0.3) is 0 Å². The monoisotopic (exact) mass is 366 g/mol. The maximum atomic E-state index is 10.8. The molecule has 0 bridgehead atoms. The fourth-order valence-corrected chi connectivity index (χ4v) is 2.43. The Morgan fingerprint density at radius 1 is 1.33 bits per heavy atom. The Labute approximate surface area is 153 Å². The smallest absolute Gasteiger partial charge is 0.390 e. The van der Waals surface area contributed by atoms with Gasteiger partial charge in [-0.2, -0.15) is 10.2 Å². The highest BCUT2D eigenvalue weighted by Gasteiger charge is 2.19. The summed E-state index contributed by atoms with van der Waals surface area (Å²) in [5.41, 5.74) is 12.8. The maximum Gasteiger partial charge on any atom is 0.390 e. The van der Waals surface area contributed by atoms with Gasteiger partial charge in [0.15, 0.2) is 0 Å². The van der Waals surface area contributed by atoms with E-state index in [0.717, 1.165) is 0 Å². The van der Waals surface area contributed by atoms with Crippen LogP contribution in [0.2, 0.25) is 0 Å². The van der Waals surface area contributed by atoms with Crippen LogP contribution >= 0.6 is 0 Å². The van der Waals surface area contributed by atoms with Crippen molar-refractivity contribution in [1.29, 1.82) is 5.26 Å². The Morgan fingerprint density at radius 2 is 2.07 bits per heavy atom. The summed E-state index contributed by atoms with van der Waals surface area (Å²) in [4.78, 5) is 18.2. The van der Waals surface area contributed by atoms with Crippen molar-refractivity contribution in [2.75, 3.05) is 11.5 Å². The van der Waals surface area contributed by atoms with Gasteiger partial charge in [-0.3, -0.25) is 0 Å². The van der Waals surface area contributed by atoms with Crippen LogP contribution in [0.4, 0.5) is 17.6 Å². The lowest BCUT2D eigenvalue weighted by molar-refractivity contribution is -0.389. The zero-order chi connectivity index (χ0) is 19.6. The van der Waals surface area contributed by atoms with Gasteiger partial charge in [0.1, 0.15) is 23.2 Å². The van der Waals surface area contributed by atoms with E-state index < -0.39 is 4.92 Å². The summed E-state index contributed by atoms with van der Waals surface area (Å²) >= 11 is 0. The Kier molecular flexibility index (Phi) is 4.54. The highest BCUT2D eigenvalue weighted by molar-refractivity contribution is 5.77. The van der Waals surface area contributed by atoms with Crippen molar-refractivity contribution in [3.8, 4) is 23.1 Å². The molecule has 0 saturated heterocycles. The molecular weight excluding hydrogens is 352 g/mol. The number of nitrogens with zero attached hydrogens (tertiary/aromatic N) is 6. The number of anilines is 2. The van der Waals surface area contributed by atoms with Crippen molar-refractivity contribution in [2.45, 2.75) is 13.7 Å². The minimum Gasteiger partial charge on any atom is -0.469 e. The number of para-hydroxylation sites is 1. The highest BCUT2D eigenvalue weighted by Crippen LogP contribution is 2.33. The summed E-state index contributed by atoms with van der Waals surface area (Å²) in [6.07, 6.45) is 0. The SMILES string of the molecule is Cc1cc([N+](=O)[O-])nn1COc1ccccc1-c1nc(N)nc(N)c1C#N. The number of nitrogens with two attached hydrogens (primary N) is 2. The van der Waals surface area contributed by atoms with Crippen LogP contribution in [-0.2, 0) is 6.73 Å². The van der Waals surface area contributed by atoms with Gasteiger partial charge in [-0.1, -0.05) is 12.1 Å². The number of nitrogen functional groups attached to an aromatic ring is 2. The molecular formula is C16H14N8O3. The van der Waals surface area contributed by atoms with Gasteiger partial charge in [-0.25, -0.2) is 4.98 Å². The van der Waals surface area contributed by atoms with E-state index >= 15 is 0 Å². The van der Waals surface area contributed by atoms with Crippen LogP contribution in [0.15, 0.2) is 30.3 Å². The average Bonchev–Trinajstić information content (AvgIpc) is 3.01. The van der Waals surface area contributed by atoms with Crippen molar-refractivity contribution >= 4 is 17.6 Å². The molecule has 136 valence electrons. The number of hydrogen-bond acceptors (Lipinski definition) is 9. The number of hydrogen-bond donors (Lipinski definition) is 2. The molecule has 0 amide bonds. The zero-order valence-electron chi connectivity index (χ0n) is 14.2. The van der Waals surface area contributed by atoms with Crippen LogP contribution in [0.3, 0.4) is 0 Å². The standard InChI is InChI=1S/C16H14N8O3/c1-9-6-13(24(25)26)22-23(9)8-27-12-5-3-2-4-10(12)14-11(7-17)15(18)21-16(19)20-14/h2-6H,8H2,1H3,(H4,18,19,20,21). The first kappa shape index (κ1) is 17.6. The lowest BCUT2D eigenvalue weighted by Gasteiger charge is -2.12. The number of rotatable bonds is 5. The van der Waals surface area contributed by atoms with Gasteiger partial charge in [-0.15, -0.1) is 4.68 Å². The summed E-state index contributed by atoms with van der Waals surface area (Å²) in [6, 6.07) is 10.1. The molecule has 0 aliphatic carbocycles. The molecule has 11 nitrogen and oxygen atoms in total. The lowest BCUT2D eigenvalue weighted by atomic mass is 10.1. The van der Waals surface area contributed by atoms with E-state index in [2.05, 4.69) is 15.1 Å². The van der Waals surface area contributed by atoms with E-state index in [-0.39, 0.29) is 35.6 Å². The molecule has 0 atom stereocenters. The van der Waals surface area contributed by atoms with Crippen LogP contribution in [0.1, 0.15) is 11.3 Å². The van der Waals surface area contributed by atoms with Crippen LogP contribution in [0, 0.1) is 28.4 Å². The first-order valence-corrected chi connectivity index (χ1v) is 7.65. The number of ether oxygens (including phenoxy) is 1. The van der Waals surface area contributed by atoms with Crippen LogP contribution in [0.5, 0.6) is 5.75 Å². The number of nitriles is 1. The minimum absolute atomic E-state index is 0.0339. The fraction of sp³-hybridized carbons (Fsp3) is 0.125. The van der Waals surface area contributed by atoms with Crippen LogP contribution < -0.4 is 16.2 Å². The van der Waals surface area contributed by atoms with E-state index in [0.29, 0.717) is 17.0 Å². The largest absolute Gasteiger partial charge is 0.469 e. The second-order valence-corrected chi connectivity index (χ2v) is 5.47. The molecule has 3 rings (SSSR count). The van der Waals surface area contributed by atoms with Gasteiger partial charge >= 0.3 is 5.82 Å². The molecule has 11 heteroatoms. The summed E-state index contributed by atoms with van der Waals surface area (Å²) < 4.78 is 7.11. The molecule has 2 heterocycles. The molecule has 3 aromatic rings. The number of aromatic nitrogens is 4. The Balaban J connectivity index is 1.97. The first-order chi connectivity index (χ1) is 12.9. The van der Waals surface area contributed by atoms with E-state index in [1.165, 1.54) is 10.7 Å². The Hall–Kier alpha value is -4.20. The second-order valence-electron chi connectivity index (χ2n) is 5.47. The van der Waals surface area contributed by atoms with E-state index in [1.54, 1.807) is 31.2 Å². The third-order valence-electron chi connectivity index (χ3n) is 3.71. The second kappa shape index (κ2) is 6.96. The Bertz CT molecular complexity index is 1070. The highest BCUT2D eigenvalue weighted by atomic mass is 16.6. The molecule has 0 aliphatic heterocycles. The number of aryl methyl sites for hydroxylation is 1. The fourth-order valence-electron chi connectivity index (χ4n) is 2.43. The summed E-state index contributed by atoms with van der Waals surface area (Å²) in [5.74, 6) is -0.000232. The van der Waals surface area contributed by atoms with Crippen molar-refractivity contribution in [2.24, 2.45) is 0 Å². The van der Waals surface area contributed by atoms with E-state index in [1.807, 2.05) is 6.07 Å². The molecule has 0 aliphatic rings. The zero-order valence-corrected chi connectivity index (χ0v) is 14.2. The van der Waals surface area contributed by atoms with Crippen LogP contribution in [-0.4, -0.2) is 24.7 Å². The number of benzene rings is 1. The van der Waals surface area contributed by atoms with Gasteiger partial charge < -0.3 is 26.3 Å². The van der Waals surface area contributed by atoms with E-state index in [4.69, 9.17) is 16.2 Å². The third kappa shape index (κ3) is 3.45. The molecule has 0 radical (unpaired) electrons. The molecule has 1 aromatic carbocycles. The minimum atomic E-state index is -0.580. The third-order valence-corrected chi connectivity index (χ3v) is 3.71. The molecule has 4 N–H and O–H groups in total. The average molecular weight is 366 g/mol. The predicted octanol–water partition coefficient (Wildman–Crippen LogP) is 1.63. The van der Waals surface area contributed by atoms with Gasteiger partial charge in [0.05, 0.1) is 22.6 Å².